The fourth-order valence-electron chi connectivity index (χ4n) is 1.46. The summed E-state index contributed by atoms with van der Waals surface area (Å²) in [5, 5.41) is 11.0. The molecule has 86 valence electrons. The van der Waals surface area contributed by atoms with Gasteiger partial charge < -0.3 is 0 Å². The first-order valence-electron chi connectivity index (χ1n) is 4.85. The lowest BCUT2D eigenvalue weighted by Crippen LogP contribution is -1.95. The van der Waals surface area contributed by atoms with E-state index in [0.717, 1.165) is 11.3 Å². The average Bonchev–Trinajstić information content (AvgIpc) is 2.29. The van der Waals surface area contributed by atoms with Crippen LogP contribution in [0, 0.1) is 10.1 Å². The van der Waals surface area contributed by atoms with Gasteiger partial charge in [-0.1, -0.05) is 23.7 Å². The zero-order chi connectivity index (χ0) is 12.3. The normalized spacial score (nSPS) is 10.2. The van der Waals surface area contributed by atoms with E-state index in [0.29, 0.717) is 11.6 Å². The molecule has 1 aromatic heterocycles. The summed E-state index contributed by atoms with van der Waals surface area (Å²) in [6.07, 6.45) is 1.86. The van der Waals surface area contributed by atoms with Crippen molar-refractivity contribution in [2.24, 2.45) is 0 Å². The minimum Gasteiger partial charge on any atom is -0.258 e. The van der Waals surface area contributed by atoms with Crippen LogP contribution < -0.4 is 0 Å². The average molecular weight is 250 g/mol. The molecule has 0 aliphatic carbocycles. The van der Waals surface area contributed by atoms with Crippen LogP contribution in [-0.2, 0) is 6.42 Å². The van der Waals surface area contributed by atoms with Gasteiger partial charge in [0.1, 0.15) is 11.5 Å². The van der Waals surface area contributed by atoms with Crippen LogP contribution in [0.3, 0.4) is 0 Å². The highest BCUT2D eigenvalue weighted by Gasteiger charge is 2.06. The number of hydrogen-bond donors (Lipinski definition) is 0. The lowest BCUT2D eigenvalue weighted by molar-refractivity contribution is -0.384. The number of non-ortho nitro benzene ring substituents is 1. The second-order valence-corrected chi connectivity index (χ2v) is 3.82. The van der Waals surface area contributed by atoms with Gasteiger partial charge in [0.25, 0.3) is 5.69 Å². The molecule has 0 saturated carbocycles. The predicted molar refractivity (Wildman–Crippen MR) is 62.9 cm³/mol. The number of halogens is 1. The van der Waals surface area contributed by atoms with Crippen LogP contribution >= 0.6 is 11.6 Å². The van der Waals surface area contributed by atoms with Crippen molar-refractivity contribution in [3.05, 3.63) is 63.2 Å². The minimum atomic E-state index is -0.420. The highest BCUT2D eigenvalue weighted by atomic mass is 35.5. The fourth-order valence-corrected chi connectivity index (χ4v) is 1.63. The Balaban J connectivity index is 2.24. The van der Waals surface area contributed by atoms with Crippen molar-refractivity contribution in [3.8, 4) is 0 Å². The van der Waals surface area contributed by atoms with Crippen molar-refractivity contribution in [2.45, 2.75) is 6.42 Å². The standard InChI is InChI=1S/C11H8ClN3O2/c12-11-6-9(13-7-14-11)4-8-2-1-3-10(5-8)15(16)17/h1-3,5-7H,4H2. The van der Waals surface area contributed by atoms with Crippen molar-refractivity contribution in [1.29, 1.82) is 0 Å². The molecule has 0 spiro atoms. The quantitative estimate of drug-likeness (QED) is 0.476. The van der Waals surface area contributed by atoms with Crippen LogP contribution in [0.4, 0.5) is 5.69 Å². The molecule has 17 heavy (non-hydrogen) atoms. The number of aromatic nitrogens is 2. The van der Waals surface area contributed by atoms with Crippen molar-refractivity contribution < 1.29 is 4.92 Å². The Morgan fingerprint density at radius 1 is 1.29 bits per heavy atom. The number of nitro benzene ring substituents is 1. The van der Waals surface area contributed by atoms with E-state index >= 15 is 0 Å². The first kappa shape index (κ1) is 11.5. The van der Waals surface area contributed by atoms with Gasteiger partial charge in [0.05, 0.1) is 4.92 Å². The summed E-state index contributed by atoms with van der Waals surface area (Å²) < 4.78 is 0. The maximum atomic E-state index is 10.6. The molecule has 1 aromatic carbocycles. The molecule has 2 aromatic rings. The van der Waals surface area contributed by atoms with E-state index < -0.39 is 4.92 Å². The molecular weight excluding hydrogens is 242 g/mol. The molecule has 1 heterocycles. The third-order valence-corrected chi connectivity index (χ3v) is 2.40. The molecule has 0 fully saturated rings. The van der Waals surface area contributed by atoms with Gasteiger partial charge in [-0.15, -0.1) is 0 Å². The molecular formula is C11H8ClN3O2. The van der Waals surface area contributed by atoms with Gasteiger partial charge in [0.2, 0.25) is 0 Å². The van der Waals surface area contributed by atoms with Gasteiger partial charge in [0, 0.05) is 24.2 Å². The SMILES string of the molecule is O=[N+]([O-])c1cccc(Cc2cc(Cl)ncn2)c1. The highest BCUT2D eigenvalue weighted by Crippen LogP contribution is 2.16. The van der Waals surface area contributed by atoms with E-state index in [1.165, 1.54) is 18.5 Å². The van der Waals surface area contributed by atoms with E-state index in [-0.39, 0.29) is 5.69 Å². The molecule has 0 amide bonds. The third kappa shape index (κ3) is 2.98. The molecule has 0 radical (unpaired) electrons. The van der Waals surface area contributed by atoms with Crippen LogP contribution in [0.25, 0.3) is 0 Å². The van der Waals surface area contributed by atoms with Crippen LogP contribution in [0.15, 0.2) is 36.7 Å². The lowest BCUT2D eigenvalue weighted by atomic mass is 10.1. The van der Waals surface area contributed by atoms with E-state index in [1.54, 1.807) is 12.1 Å². The van der Waals surface area contributed by atoms with Gasteiger partial charge >= 0.3 is 0 Å². The van der Waals surface area contributed by atoms with Crippen molar-refractivity contribution in [1.82, 2.24) is 9.97 Å². The Bertz CT molecular complexity index is 560. The fraction of sp³-hybridized carbons (Fsp3) is 0.0909. The summed E-state index contributed by atoms with van der Waals surface area (Å²) in [5.74, 6) is 0. The van der Waals surface area contributed by atoms with Crippen LogP contribution in [-0.4, -0.2) is 14.9 Å². The maximum Gasteiger partial charge on any atom is 0.269 e. The Morgan fingerprint density at radius 3 is 2.82 bits per heavy atom. The monoisotopic (exact) mass is 249 g/mol. The molecule has 0 N–H and O–H groups in total. The predicted octanol–water partition coefficient (Wildman–Crippen LogP) is 2.63. The number of benzene rings is 1. The van der Waals surface area contributed by atoms with Crippen LogP contribution in [0.1, 0.15) is 11.3 Å². The maximum absolute atomic E-state index is 10.6. The molecule has 0 aliphatic rings. The summed E-state index contributed by atoms with van der Waals surface area (Å²) in [6, 6.07) is 8.08. The second-order valence-electron chi connectivity index (χ2n) is 3.44. The molecule has 0 aliphatic heterocycles. The van der Waals surface area contributed by atoms with Crippen molar-refractivity contribution in [2.75, 3.05) is 0 Å². The van der Waals surface area contributed by atoms with E-state index in [1.807, 2.05) is 6.07 Å². The molecule has 0 saturated heterocycles. The number of rotatable bonds is 3. The summed E-state index contributed by atoms with van der Waals surface area (Å²) in [7, 11) is 0. The molecule has 5 nitrogen and oxygen atoms in total. The van der Waals surface area contributed by atoms with Gasteiger partial charge in [-0.3, -0.25) is 10.1 Å². The summed E-state index contributed by atoms with van der Waals surface area (Å²) >= 11 is 5.73. The lowest BCUT2D eigenvalue weighted by Gasteiger charge is -2.01. The Labute approximate surface area is 102 Å². The van der Waals surface area contributed by atoms with Crippen molar-refractivity contribution in [3.63, 3.8) is 0 Å². The first-order chi connectivity index (χ1) is 8.15. The number of nitro groups is 1. The second kappa shape index (κ2) is 4.88. The van der Waals surface area contributed by atoms with Crippen molar-refractivity contribution >= 4 is 17.3 Å². The van der Waals surface area contributed by atoms with E-state index in [4.69, 9.17) is 11.6 Å². The molecule has 2 rings (SSSR count). The molecule has 0 atom stereocenters. The van der Waals surface area contributed by atoms with E-state index in [2.05, 4.69) is 9.97 Å². The zero-order valence-corrected chi connectivity index (χ0v) is 9.46. The van der Waals surface area contributed by atoms with Gasteiger partial charge in [-0.2, -0.15) is 0 Å². The van der Waals surface area contributed by atoms with Gasteiger partial charge in [0.15, 0.2) is 0 Å². The Hall–Kier alpha value is -2.01. The topological polar surface area (TPSA) is 68.9 Å². The van der Waals surface area contributed by atoms with Gasteiger partial charge in [-0.05, 0) is 11.6 Å². The summed E-state index contributed by atoms with van der Waals surface area (Å²) in [4.78, 5) is 18.0. The molecule has 0 bridgehead atoms. The Morgan fingerprint density at radius 2 is 2.12 bits per heavy atom. The van der Waals surface area contributed by atoms with Gasteiger partial charge in [-0.25, -0.2) is 9.97 Å². The largest absolute Gasteiger partial charge is 0.269 e. The number of hydrogen-bond acceptors (Lipinski definition) is 4. The molecule has 0 unspecified atom stereocenters. The third-order valence-electron chi connectivity index (χ3n) is 2.20. The minimum absolute atomic E-state index is 0.0719. The van der Waals surface area contributed by atoms with Crippen LogP contribution in [0.5, 0.6) is 0 Å². The summed E-state index contributed by atoms with van der Waals surface area (Å²) in [5.41, 5.74) is 1.61. The highest BCUT2D eigenvalue weighted by molar-refractivity contribution is 6.29. The van der Waals surface area contributed by atoms with Crippen LogP contribution in [0.2, 0.25) is 5.15 Å². The first-order valence-corrected chi connectivity index (χ1v) is 5.23. The van der Waals surface area contributed by atoms with E-state index in [9.17, 15) is 10.1 Å². The zero-order valence-electron chi connectivity index (χ0n) is 8.71. The Kier molecular flexibility index (Phi) is 3.30. The molecule has 6 heteroatoms. The summed E-state index contributed by atoms with van der Waals surface area (Å²) in [6.45, 7) is 0. The number of nitrogens with zero attached hydrogens (tertiary/aromatic N) is 3. The smallest absolute Gasteiger partial charge is 0.258 e.